The Bertz CT molecular complexity index is 3540. The van der Waals surface area contributed by atoms with E-state index in [1.807, 2.05) is 0 Å². The first kappa shape index (κ1) is 23.0. The minimum Gasteiger partial charge on any atom is -0.415 e. The van der Waals surface area contributed by atoms with Crippen molar-refractivity contribution in [3.63, 3.8) is 0 Å². The van der Waals surface area contributed by atoms with E-state index in [2.05, 4.69) is 81.5 Å². The highest BCUT2D eigenvalue weighted by Crippen LogP contribution is 2.77. The van der Waals surface area contributed by atoms with Gasteiger partial charge in [-0.3, -0.25) is 0 Å². The monoisotopic (exact) mass is 624 g/mol. The minimum atomic E-state index is -2.11. The van der Waals surface area contributed by atoms with Crippen LogP contribution in [-0.4, -0.2) is 14.4 Å². The molecule has 1 nitrogen and oxygen atoms in total. The molecule has 222 valence electrons. The molecule has 0 spiro atoms. The van der Waals surface area contributed by atoms with E-state index in [4.69, 9.17) is 4.43 Å². The van der Waals surface area contributed by atoms with E-state index in [-0.39, 0.29) is 11.5 Å². The molecular weight excluding hydrogens is 597 g/mol. The molecule has 0 amide bonds. The van der Waals surface area contributed by atoms with Crippen LogP contribution >= 0.6 is 0 Å². The molecule has 4 aliphatic rings. The summed E-state index contributed by atoms with van der Waals surface area (Å²) in [5.74, 6) is 0.987. The van der Waals surface area contributed by atoms with Gasteiger partial charge in [-0.1, -0.05) is 54.6 Å². The van der Waals surface area contributed by atoms with Crippen molar-refractivity contribution in [3.8, 4) is 0 Å². The zero-order valence-corrected chi connectivity index (χ0v) is 28.3. The van der Waals surface area contributed by atoms with Crippen molar-refractivity contribution >= 4 is 132 Å². The van der Waals surface area contributed by atoms with Gasteiger partial charge in [0.15, 0.2) is 8.32 Å². The summed E-state index contributed by atoms with van der Waals surface area (Å²) in [5.41, 5.74) is 8.22. The van der Waals surface area contributed by atoms with Crippen molar-refractivity contribution in [3.05, 3.63) is 76.9 Å². The Morgan fingerprint density at radius 3 is 1.73 bits per heavy atom. The molecule has 0 aliphatic heterocycles. The quantitative estimate of drug-likeness (QED) is 0.140. The van der Waals surface area contributed by atoms with Crippen molar-refractivity contribution in [2.24, 2.45) is 0 Å². The highest BCUT2D eigenvalue weighted by atomic mass is 28.4. The number of hydrogen-bond acceptors (Lipinski definition) is 1. The van der Waals surface area contributed by atoms with Crippen LogP contribution in [0, 0.1) is 0 Å². The number of benzene rings is 8. The van der Waals surface area contributed by atoms with Gasteiger partial charge in [0, 0.05) is 17.4 Å². The smallest absolute Gasteiger partial charge is 0.188 e. The maximum absolute atomic E-state index is 7.05. The normalized spacial score (nSPS) is 23.5. The van der Waals surface area contributed by atoms with Gasteiger partial charge in [-0.2, -0.15) is 0 Å². The van der Waals surface area contributed by atoms with E-state index in [0.717, 1.165) is 12.5 Å². The number of allylic oxidation sites excluding steroid dienone is 2. The lowest BCUT2D eigenvalue weighted by atomic mass is 9.57. The Morgan fingerprint density at radius 2 is 1.10 bits per heavy atom. The first-order chi connectivity index (χ1) is 23.4. The maximum Gasteiger partial charge on any atom is 0.188 e. The SMILES string of the molecule is CC(C)O[Si](C)(C)CC12C3=CCC4c5ccc6c7ccc8c9ccc%10c%11ccc3c3c1c1c%12c(c5c6c5c7c8c6c9c%10c(c3%11)c1c6c%125)C42. The molecule has 16 rings (SSSR count). The first-order valence-corrected chi connectivity index (χ1v) is 21.4. The molecule has 0 fully saturated rings. The summed E-state index contributed by atoms with van der Waals surface area (Å²) in [7, 11) is -2.11. The third-order valence-electron chi connectivity index (χ3n) is 15.0. The summed E-state index contributed by atoms with van der Waals surface area (Å²) in [6.45, 7) is 9.55. The average Bonchev–Trinajstić information content (AvgIpc) is 3.86. The topological polar surface area (TPSA) is 9.23 Å². The van der Waals surface area contributed by atoms with E-state index >= 15 is 0 Å². The lowest BCUT2D eigenvalue weighted by Crippen LogP contribution is -2.47. The fourth-order valence-corrected chi connectivity index (χ4v) is 17.8. The zero-order chi connectivity index (χ0) is 30.8. The zero-order valence-electron chi connectivity index (χ0n) is 27.3. The molecule has 3 atom stereocenters. The Hall–Kier alpha value is -4.50. The number of fused-ring (bicyclic) bond motifs is 5. The maximum atomic E-state index is 7.05. The number of hydrogen-bond donors (Lipinski definition) is 0. The van der Waals surface area contributed by atoms with Gasteiger partial charge in [-0.25, -0.2) is 0 Å². The lowest BCUT2D eigenvalue weighted by Gasteiger charge is -2.50. The summed E-state index contributed by atoms with van der Waals surface area (Å²) in [5, 5.41) is 34.4. The van der Waals surface area contributed by atoms with Gasteiger partial charge < -0.3 is 4.43 Å². The molecule has 12 aromatic carbocycles. The van der Waals surface area contributed by atoms with E-state index in [1.54, 1.807) is 114 Å². The van der Waals surface area contributed by atoms with Gasteiger partial charge in [0.2, 0.25) is 0 Å². The predicted octanol–water partition coefficient (Wildman–Crippen LogP) is 12.7. The van der Waals surface area contributed by atoms with Gasteiger partial charge in [0.25, 0.3) is 0 Å². The molecule has 0 saturated carbocycles. The van der Waals surface area contributed by atoms with E-state index in [1.165, 1.54) is 32.3 Å². The van der Waals surface area contributed by atoms with Crippen LogP contribution in [-0.2, 0) is 9.84 Å². The van der Waals surface area contributed by atoms with Crippen molar-refractivity contribution in [1.82, 2.24) is 0 Å². The summed E-state index contributed by atoms with van der Waals surface area (Å²) in [6.07, 6.45) is 4.12. The van der Waals surface area contributed by atoms with E-state index < -0.39 is 8.32 Å². The molecule has 12 aromatic rings. The lowest BCUT2D eigenvalue weighted by molar-refractivity contribution is 0.225. The van der Waals surface area contributed by atoms with Gasteiger partial charge >= 0.3 is 0 Å². The Morgan fingerprint density at radius 1 is 0.604 bits per heavy atom. The fourth-order valence-electron chi connectivity index (χ4n) is 14.6. The van der Waals surface area contributed by atoms with Crippen LogP contribution in [0.4, 0.5) is 0 Å². The number of rotatable bonds is 4. The largest absolute Gasteiger partial charge is 0.415 e. The van der Waals surface area contributed by atoms with Crippen LogP contribution in [0.15, 0.2) is 54.6 Å². The van der Waals surface area contributed by atoms with Crippen molar-refractivity contribution in [2.45, 2.75) is 62.8 Å². The Kier molecular flexibility index (Phi) is 2.92. The molecule has 3 unspecified atom stereocenters. The predicted molar refractivity (Wildman–Crippen MR) is 207 cm³/mol. The summed E-state index contributed by atoms with van der Waals surface area (Å²) in [4.78, 5) is 0. The molecule has 0 radical (unpaired) electrons. The molecule has 4 aliphatic carbocycles. The molecule has 0 N–H and O–H groups in total. The molecule has 2 heteroatoms. The summed E-state index contributed by atoms with van der Waals surface area (Å²) in [6, 6.07) is 21.3. The molecule has 0 heterocycles. The van der Waals surface area contributed by atoms with Gasteiger partial charge in [0.1, 0.15) is 0 Å². The second-order valence-electron chi connectivity index (χ2n) is 17.5. The second-order valence-corrected chi connectivity index (χ2v) is 21.6. The van der Waals surface area contributed by atoms with Crippen LogP contribution < -0.4 is 0 Å². The van der Waals surface area contributed by atoms with Gasteiger partial charge in [-0.05, 0) is 192 Å². The minimum absolute atomic E-state index is 0.0469. The van der Waals surface area contributed by atoms with Crippen molar-refractivity contribution in [2.75, 3.05) is 0 Å². The van der Waals surface area contributed by atoms with E-state index in [0.29, 0.717) is 11.8 Å². The van der Waals surface area contributed by atoms with Crippen LogP contribution in [0.5, 0.6) is 0 Å². The summed E-state index contributed by atoms with van der Waals surface area (Å²) < 4.78 is 7.05. The summed E-state index contributed by atoms with van der Waals surface area (Å²) >= 11 is 0. The molecular formula is C46H28OSi. The Labute approximate surface area is 275 Å². The van der Waals surface area contributed by atoms with Gasteiger partial charge in [-0.15, -0.1) is 0 Å². The first-order valence-electron chi connectivity index (χ1n) is 18.2. The van der Waals surface area contributed by atoms with Crippen LogP contribution in [0.25, 0.3) is 124 Å². The molecule has 0 bridgehead atoms. The van der Waals surface area contributed by atoms with Crippen molar-refractivity contribution in [1.29, 1.82) is 0 Å². The van der Waals surface area contributed by atoms with Crippen molar-refractivity contribution < 1.29 is 4.43 Å². The standard InChI is InChI=1S/C46H28OSi/c1-16(2)47-48(3,4)15-46-26-14-13-24-23-10-9-20-19-6-5-17-18-7-8-21-22-11-12-25(26)34-33(22)37-30(21)29(18)35-27(17)28(19)36-31(20)32(23)42(44(24)46)41-39(36)38(35)40(37)43(41)45(34)46/h5-12,14,16,24,44H,13,15H2,1-4H3. The molecule has 48 heavy (non-hydrogen) atoms. The third-order valence-corrected chi connectivity index (χ3v) is 17.5. The van der Waals surface area contributed by atoms with Gasteiger partial charge in [0.05, 0.1) is 0 Å². The third kappa shape index (κ3) is 1.74. The highest BCUT2D eigenvalue weighted by molar-refractivity contribution is 6.72. The van der Waals surface area contributed by atoms with Crippen LogP contribution in [0.2, 0.25) is 19.1 Å². The average molecular weight is 625 g/mol. The Balaban J connectivity index is 1.34. The van der Waals surface area contributed by atoms with Crippen LogP contribution in [0.3, 0.4) is 0 Å². The fraction of sp³-hybridized carbons (Fsp3) is 0.217. The second kappa shape index (κ2) is 6.10. The molecule has 0 aromatic heterocycles. The van der Waals surface area contributed by atoms with E-state index in [9.17, 15) is 0 Å². The van der Waals surface area contributed by atoms with Crippen LogP contribution in [0.1, 0.15) is 54.4 Å². The highest BCUT2D eigenvalue weighted by Gasteiger charge is 2.62. The molecule has 0 saturated heterocycles.